The molecule has 0 aromatic rings. The predicted octanol–water partition coefficient (Wildman–Crippen LogP) is 1.21. The number of rotatable bonds is 6. The van der Waals surface area contributed by atoms with Gasteiger partial charge >= 0.3 is 0 Å². The standard InChI is InChI=1S/C14H22N2O2/c17-13(16-12-3-4-12)2-1-5-15-14(18)11-7-9-6-10(9)8-11/h9-12H,1-8H2,(H,15,18)(H,16,17). The van der Waals surface area contributed by atoms with Crippen LogP contribution in [0.25, 0.3) is 0 Å². The van der Waals surface area contributed by atoms with Crippen molar-refractivity contribution in [3.8, 4) is 0 Å². The molecule has 100 valence electrons. The number of amides is 2. The minimum absolute atomic E-state index is 0.133. The van der Waals surface area contributed by atoms with Gasteiger partial charge in [-0.1, -0.05) is 0 Å². The maximum Gasteiger partial charge on any atom is 0.223 e. The highest BCUT2D eigenvalue weighted by atomic mass is 16.2. The Morgan fingerprint density at radius 2 is 1.78 bits per heavy atom. The maximum atomic E-state index is 11.8. The van der Waals surface area contributed by atoms with Crippen LogP contribution >= 0.6 is 0 Å². The van der Waals surface area contributed by atoms with Crippen molar-refractivity contribution in [3.05, 3.63) is 0 Å². The molecule has 0 bridgehead atoms. The molecule has 4 nitrogen and oxygen atoms in total. The van der Waals surface area contributed by atoms with E-state index in [0.29, 0.717) is 19.0 Å². The predicted molar refractivity (Wildman–Crippen MR) is 67.7 cm³/mol. The Kier molecular flexibility index (Phi) is 3.27. The van der Waals surface area contributed by atoms with Crippen LogP contribution in [0.2, 0.25) is 0 Å². The average molecular weight is 250 g/mol. The van der Waals surface area contributed by atoms with E-state index in [2.05, 4.69) is 10.6 Å². The average Bonchev–Trinajstić information content (AvgIpc) is 3.26. The zero-order valence-electron chi connectivity index (χ0n) is 10.8. The van der Waals surface area contributed by atoms with E-state index in [1.54, 1.807) is 0 Å². The van der Waals surface area contributed by atoms with Crippen molar-refractivity contribution in [2.24, 2.45) is 17.8 Å². The van der Waals surface area contributed by atoms with Gasteiger partial charge in [0.15, 0.2) is 0 Å². The van der Waals surface area contributed by atoms with Crippen LogP contribution in [0.15, 0.2) is 0 Å². The Labute approximate surface area is 108 Å². The van der Waals surface area contributed by atoms with Gasteiger partial charge in [0.25, 0.3) is 0 Å². The third-order valence-corrected chi connectivity index (χ3v) is 4.44. The summed E-state index contributed by atoms with van der Waals surface area (Å²) in [6.07, 6.45) is 7.10. The second-order valence-electron chi connectivity index (χ2n) is 6.16. The molecule has 0 spiro atoms. The van der Waals surface area contributed by atoms with Gasteiger partial charge in [0.1, 0.15) is 0 Å². The molecule has 0 aromatic heterocycles. The number of nitrogens with one attached hydrogen (secondary N) is 2. The van der Waals surface area contributed by atoms with Gasteiger partial charge in [0, 0.05) is 24.9 Å². The summed E-state index contributed by atoms with van der Waals surface area (Å²) in [7, 11) is 0. The van der Waals surface area contributed by atoms with Gasteiger partial charge in [-0.2, -0.15) is 0 Å². The number of fused-ring (bicyclic) bond motifs is 1. The lowest BCUT2D eigenvalue weighted by Crippen LogP contribution is -2.32. The molecule has 0 aliphatic heterocycles. The van der Waals surface area contributed by atoms with Gasteiger partial charge in [-0.05, 0) is 50.4 Å². The van der Waals surface area contributed by atoms with Crippen molar-refractivity contribution in [1.82, 2.24) is 10.6 Å². The maximum absolute atomic E-state index is 11.8. The van der Waals surface area contributed by atoms with Crippen LogP contribution in [0.1, 0.15) is 44.9 Å². The number of carbonyl (C=O) groups is 2. The van der Waals surface area contributed by atoms with E-state index in [9.17, 15) is 9.59 Å². The molecule has 3 aliphatic carbocycles. The summed E-state index contributed by atoms with van der Waals surface area (Å²) in [6, 6.07) is 0.442. The molecule has 4 heteroatoms. The highest BCUT2D eigenvalue weighted by Gasteiger charge is 2.47. The molecule has 0 heterocycles. The Balaban J connectivity index is 1.25. The minimum Gasteiger partial charge on any atom is -0.356 e. The van der Waals surface area contributed by atoms with Crippen LogP contribution in [0.5, 0.6) is 0 Å². The molecule has 18 heavy (non-hydrogen) atoms. The quantitative estimate of drug-likeness (QED) is 0.696. The highest BCUT2D eigenvalue weighted by Crippen LogP contribution is 2.54. The van der Waals surface area contributed by atoms with Gasteiger partial charge in [-0.15, -0.1) is 0 Å². The summed E-state index contributed by atoms with van der Waals surface area (Å²) < 4.78 is 0. The van der Waals surface area contributed by atoms with E-state index in [0.717, 1.165) is 43.9 Å². The van der Waals surface area contributed by atoms with Crippen LogP contribution in [-0.4, -0.2) is 24.4 Å². The van der Waals surface area contributed by atoms with Gasteiger partial charge in [-0.3, -0.25) is 9.59 Å². The molecule has 2 atom stereocenters. The van der Waals surface area contributed by atoms with E-state index < -0.39 is 0 Å². The molecule has 3 rings (SSSR count). The van der Waals surface area contributed by atoms with E-state index in [1.165, 1.54) is 6.42 Å². The Bertz CT molecular complexity index is 342. The smallest absolute Gasteiger partial charge is 0.223 e. The first-order valence-corrected chi connectivity index (χ1v) is 7.29. The van der Waals surface area contributed by atoms with Crippen molar-refractivity contribution >= 4 is 11.8 Å². The summed E-state index contributed by atoms with van der Waals surface area (Å²) >= 11 is 0. The highest BCUT2D eigenvalue weighted by molar-refractivity contribution is 5.79. The molecule has 2 amide bonds. The molecule has 3 aliphatic rings. The van der Waals surface area contributed by atoms with Crippen molar-refractivity contribution in [1.29, 1.82) is 0 Å². The molecular weight excluding hydrogens is 228 g/mol. The first-order valence-electron chi connectivity index (χ1n) is 7.29. The zero-order chi connectivity index (χ0) is 12.5. The Morgan fingerprint density at radius 3 is 2.44 bits per heavy atom. The van der Waals surface area contributed by atoms with E-state index in [1.807, 2.05) is 0 Å². The molecule has 2 N–H and O–H groups in total. The van der Waals surface area contributed by atoms with E-state index in [-0.39, 0.29) is 17.7 Å². The lowest BCUT2D eigenvalue weighted by Gasteiger charge is -2.12. The first kappa shape index (κ1) is 12.0. The van der Waals surface area contributed by atoms with Gasteiger partial charge in [0.2, 0.25) is 11.8 Å². The Hall–Kier alpha value is -1.06. The van der Waals surface area contributed by atoms with E-state index >= 15 is 0 Å². The summed E-state index contributed by atoms with van der Waals surface area (Å²) in [5, 5.41) is 5.93. The molecule has 3 fully saturated rings. The largest absolute Gasteiger partial charge is 0.356 e. The van der Waals surface area contributed by atoms with Crippen LogP contribution in [0.4, 0.5) is 0 Å². The van der Waals surface area contributed by atoms with Crippen molar-refractivity contribution < 1.29 is 9.59 Å². The third-order valence-electron chi connectivity index (χ3n) is 4.44. The number of hydrogen-bond acceptors (Lipinski definition) is 2. The molecule has 2 unspecified atom stereocenters. The first-order chi connectivity index (χ1) is 8.72. The lowest BCUT2D eigenvalue weighted by molar-refractivity contribution is -0.125. The second-order valence-corrected chi connectivity index (χ2v) is 6.16. The third kappa shape index (κ3) is 3.03. The van der Waals surface area contributed by atoms with Crippen LogP contribution in [-0.2, 0) is 9.59 Å². The van der Waals surface area contributed by atoms with Crippen molar-refractivity contribution in [3.63, 3.8) is 0 Å². The molecule has 0 aromatic carbocycles. The number of carbonyl (C=O) groups excluding carboxylic acids is 2. The lowest BCUT2D eigenvalue weighted by atomic mass is 10.0. The fraction of sp³-hybridized carbons (Fsp3) is 0.857. The summed E-state index contributed by atoms with van der Waals surface area (Å²) in [5.41, 5.74) is 0. The topological polar surface area (TPSA) is 58.2 Å². The van der Waals surface area contributed by atoms with Crippen LogP contribution in [0, 0.1) is 17.8 Å². The molecule has 0 saturated heterocycles. The summed E-state index contributed by atoms with van der Waals surface area (Å²) in [4.78, 5) is 23.3. The van der Waals surface area contributed by atoms with Gasteiger partial charge in [-0.25, -0.2) is 0 Å². The van der Waals surface area contributed by atoms with Crippen LogP contribution in [0.3, 0.4) is 0 Å². The SMILES string of the molecule is O=C(CCCNC(=O)C1CC2CC2C1)NC1CC1. The normalized spacial score (nSPS) is 32.8. The second kappa shape index (κ2) is 4.90. The zero-order valence-corrected chi connectivity index (χ0v) is 10.8. The molecular formula is C14H22N2O2. The van der Waals surface area contributed by atoms with Crippen molar-refractivity contribution in [2.45, 2.75) is 51.0 Å². The van der Waals surface area contributed by atoms with E-state index in [4.69, 9.17) is 0 Å². The number of hydrogen-bond donors (Lipinski definition) is 2. The Morgan fingerprint density at radius 1 is 1.06 bits per heavy atom. The molecule has 3 saturated carbocycles. The van der Waals surface area contributed by atoms with Crippen molar-refractivity contribution in [2.75, 3.05) is 6.54 Å². The van der Waals surface area contributed by atoms with Gasteiger partial charge in [0.05, 0.1) is 0 Å². The summed E-state index contributed by atoms with van der Waals surface area (Å²) in [5.74, 6) is 2.31. The monoisotopic (exact) mass is 250 g/mol. The fourth-order valence-corrected chi connectivity index (χ4v) is 3.06. The van der Waals surface area contributed by atoms with Gasteiger partial charge < -0.3 is 10.6 Å². The van der Waals surface area contributed by atoms with Crippen LogP contribution < -0.4 is 10.6 Å². The fourth-order valence-electron chi connectivity index (χ4n) is 3.06. The minimum atomic E-state index is 0.133. The summed E-state index contributed by atoms with van der Waals surface area (Å²) in [6.45, 7) is 0.642. The molecule has 0 radical (unpaired) electrons.